The fraction of sp³-hybridized carbons (Fsp3) is 0.240. The lowest BCUT2D eigenvalue weighted by Crippen LogP contribution is -2.23. The summed E-state index contributed by atoms with van der Waals surface area (Å²) in [6.45, 7) is 5.42. The summed E-state index contributed by atoms with van der Waals surface area (Å²) in [4.78, 5) is 30.6. The highest BCUT2D eigenvalue weighted by molar-refractivity contribution is 7.99. The quantitative estimate of drug-likeness (QED) is 0.302. The number of thiophene rings is 1. The molecule has 9 heteroatoms. The number of carbonyl (C=O) groups excluding carboxylic acids is 1. The van der Waals surface area contributed by atoms with E-state index in [2.05, 4.69) is 5.32 Å². The van der Waals surface area contributed by atoms with Crippen molar-refractivity contribution < 1.29 is 14.3 Å². The number of nitrogens with one attached hydrogen (secondary N) is 1. The van der Waals surface area contributed by atoms with Crippen molar-refractivity contribution in [3.05, 3.63) is 63.8 Å². The summed E-state index contributed by atoms with van der Waals surface area (Å²) >= 11 is 2.66. The van der Waals surface area contributed by atoms with Crippen LogP contribution in [0.3, 0.4) is 0 Å². The topological polar surface area (TPSA) is 82.5 Å². The van der Waals surface area contributed by atoms with Gasteiger partial charge in [0.15, 0.2) is 16.7 Å². The van der Waals surface area contributed by atoms with E-state index < -0.39 is 0 Å². The molecule has 1 amide bonds. The number of fused-ring (bicyclic) bond motifs is 2. The first-order valence-electron chi connectivity index (χ1n) is 10.9. The molecule has 0 aliphatic carbocycles. The van der Waals surface area contributed by atoms with Crippen molar-refractivity contribution in [2.45, 2.75) is 25.5 Å². The number of rotatable bonds is 6. The Hall–Kier alpha value is -3.30. The lowest BCUT2D eigenvalue weighted by molar-refractivity contribution is -0.113. The highest BCUT2D eigenvalue weighted by Gasteiger charge is 2.18. The molecule has 2 aromatic carbocycles. The van der Waals surface area contributed by atoms with Gasteiger partial charge in [0.2, 0.25) is 5.91 Å². The third kappa shape index (κ3) is 4.41. The van der Waals surface area contributed by atoms with E-state index in [0.29, 0.717) is 52.3 Å². The third-order valence-corrected chi connectivity index (χ3v) is 7.41. The van der Waals surface area contributed by atoms with Crippen LogP contribution in [0.15, 0.2) is 57.8 Å². The van der Waals surface area contributed by atoms with Crippen molar-refractivity contribution in [3.8, 4) is 22.6 Å². The second kappa shape index (κ2) is 9.52. The number of aryl methyl sites for hydroxylation is 1. The number of thioether (sulfide) groups is 1. The molecule has 0 bridgehead atoms. The number of ether oxygens (including phenoxy) is 2. The number of hydrogen-bond acceptors (Lipinski definition) is 7. The fourth-order valence-electron chi connectivity index (χ4n) is 3.76. The second-order valence-electron chi connectivity index (χ2n) is 7.83. The first kappa shape index (κ1) is 22.5. The van der Waals surface area contributed by atoms with E-state index in [9.17, 15) is 9.59 Å². The summed E-state index contributed by atoms with van der Waals surface area (Å²) in [5, 5.41) is 5.39. The monoisotopic (exact) mass is 493 g/mol. The lowest BCUT2D eigenvalue weighted by atomic mass is 10.1. The Balaban J connectivity index is 1.38. The molecule has 1 aliphatic heterocycles. The molecule has 2 aromatic heterocycles. The zero-order chi connectivity index (χ0) is 23.7. The predicted molar refractivity (Wildman–Crippen MR) is 137 cm³/mol. The SMILES string of the molecule is CCn1c(SCC(=O)Nc2ccc3c(c2)OCCO3)nc2c(-c3ccc(C)cc3)csc2c1=O. The largest absolute Gasteiger partial charge is 0.486 e. The van der Waals surface area contributed by atoms with E-state index in [-0.39, 0.29) is 17.2 Å². The van der Waals surface area contributed by atoms with Gasteiger partial charge in [0.05, 0.1) is 11.3 Å². The molecular weight excluding hydrogens is 470 g/mol. The molecule has 3 heterocycles. The minimum atomic E-state index is -0.192. The number of nitrogens with zero attached hydrogens (tertiary/aromatic N) is 2. The van der Waals surface area contributed by atoms with Crippen LogP contribution < -0.4 is 20.3 Å². The van der Waals surface area contributed by atoms with Crippen molar-refractivity contribution in [1.29, 1.82) is 0 Å². The van der Waals surface area contributed by atoms with Gasteiger partial charge in [0.1, 0.15) is 17.9 Å². The van der Waals surface area contributed by atoms with Gasteiger partial charge in [-0.25, -0.2) is 4.98 Å². The van der Waals surface area contributed by atoms with E-state index in [4.69, 9.17) is 14.5 Å². The molecule has 4 aromatic rings. The van der Waals surface area contributed by atoms with Crippen LogP contribution in [0.5, 0.6) is 11.5 Å². The molecule has 7 nitrogen and oxygen atoms in total. The minimum Gasteiger partial charge on any atom is -0.486 e. The lowest BCUT2D eigenvalue weighted by Gasteiger charge is -2.19. The van der Waals surface area contributed by atoms with Crippen LogP contribution in [0.4, 0.5) is 5.69 Å². The van der Waals surface area contributed by atoms with E-state index in [1.54, 1.807) is 22.8 Å². The van der Waals surface area contributed by atoms with Crippen molar-refractivity contribution in [1.82, 2.24) is 9.55 Å². The first-order chi connectivity index (χ1) is 16.5. The Morgan fingerprint density at radius 2 is 1.91 bits per heavy atom. The number of benzene rings is 2. The minimum absolute atomic E-state index is 0.0781. The van der Waals surface area contributed by atoms with Crippen LogP contribution in [0.2, 0.25) is 0 Å². The van der Waals surface area contributed by atoms with Gasteiger partial charge in [-0.05, 0) is 31.5 Å². The summed E-state index contributed by atoms with van der Waals surface area (Å²) < 4.78 is 13.3. The van der Waals surface area contributed by atoms with E-state index in [1.807, 2.05) is 43.5 Å². The molecule has 0 fully saturated rings. The Morgan fingerprint density at radius 1 is 1.15 bits per heavy atom. The van der Waals surface area contributed by atoms with Gasteiger partial charge < -0.3 is 14.8 Å². The van der Waals surface area contributed by atoms with Gasteiger partial charge in [-0.15, -0.1) is 11.3 Å². The number of aromatic nitrogens is 2. The number of amides is 1. The zero-order valence-corrected chi connectivity index (χ0v) is 20.4. The van der Waals surface area contributed by atoms with Crippen molar-refractivity contribution in [2.75, 3.05) is 24.3 Å². The van der Waals surface area contributed by atoms with Gasteiger partial charge in [-0.2, -0.15) is 0 Å². The average molecular weight is 494 g/mol. The van der Waals surface area contributed by atoms with Gasteiger partial charge >= 0.3 is 0 Å². The second-order valence-corrected chi connectivity index (χ2v) is 9.65. The Bertz CT molecular complexity index is 1430. The molecule has 0 radical (unpaired) electrons. The highest BCUT2D eigenvalue weighted by Crippen LogP contribution is 2.34. The van der Waals surface area contributed by atoms with Crippen LogP contribution >= 0.6 is 23.1 Å². The highest BCUT2D eigenvalue weighted by atomic mass is 32.2. The van der Waals surface area contributed by atoms with E-state index in [0.717, 1.165) is 11.1 Å². The first-order valence-corrected chi connectivity index (χ1v) is 12.8. The maximum atomic E-state index is 13.1. The Morgan fingerprint density at radius 3 is 2.68 bits per heavy atom. The van der Waals surface area contributed by atoms with Crippen LogP contribution in [0.25, 0.3) is 21.3 Å². The van der Waals surface area contributed by atoms with Crippen LogP contribution in [0.1, 0.15) is 12.5 Å². The molecule has 0 saturated heterocycles. The summed E-state index contributed by atoms with van der Waals surface area (Å²) in [6.07, 6.45) is 0. The van der Waals surface area contributed by atoms with Gasteiger partial charge in [-0.1, -0.05) is 41.6 Å². The standard InChI is InChI=1S/C25H23N3O4S2/c1-3-28-24(30)23-22(18(13-33-23)16-6-4-15(2)5-7-16)27-25(28)34-14-21(29)26-17-8-9-19-20(12-17)32-11-10-31-19/h4-9,12-13H,3,10-11,14H2,1-2H3,(H,26,29). The number of hydrogen-bond donors (Lipinski definition) is 1. The van der Waals surface area contributed by atoms with Crippen molar-refractivity contribution >= 4 is 44.9 Å². The summed E-state index contributed by atoms with van der Waals surface area (Å²) in [5.41, 5.74) is 4.35. The molecule has 0 unspecified atom stereocenters. The molecule has 1 aliphatic rings. The summed E-state index contributed by atoms with van der Waals surface area (Å²) in [7, 11) is 0. The van der Waals surface area contributed by atoms with Gasteiger partial charge in [-0.3, -0.25) is 14.2 Å². The molecule has 1 N–H and O–H groups in total. The summed E-state index contributed by atoms with van der Waals surface area (Å²) in [5.74, 6) is 1.21. The average Bonchev–Trinajstić information content (AvgIpc) is 3.27. The summed E-state index contributed by atoms with van der Waals surface area (Å²) in [6, 6.07) is 13.5. The number of anilines is 1. The predicted octanol–water partition coefficient (Wildman–Crippen LogP) is 4.96. The smallest absolute Gasteiger partial charge is 0.272 e. The maximum absolute atomic E-state index is 13.1. The fourth-order valence-corrected chi connectivity index (χ4v) is 5.57. The molecule has 34 heavy (non-hydrogen) atoms. The van der Waals surface area contributed by atoms with E-state index in [1.165, 1.54) is 28.7 Å². The van der Waals surface area contributed by atoms with Gasteiger partial charge in [0, 0.05) is 29.2 Å². The van der Waals surface area contributed by atoms with Crippen LogP contribution in [-0.4, -0.2) is 34.4 Å². The van der Waals surface area contributed by atoms with Crippen molar-refractivity contribution in [2.24, 2.45) is 0 Å². The maximum Gasteiger partial charge on any atom is 0.272 e. The molecular formula is C25H23N3O4S2. The Labute approximate surface area is 204 Å². The van der Waals surface area contributed by atoms with Crippen molar-refractivity contribution in [3.63, 3.8) is 0 Å². The number of carbonyl (C=O) groups is 1. The van der Waals surface area contributed by atoms with E-state index >= 15 is 0 Å². The Kier molecular flexibility index (Phi) is 6.30. The molecule has 174 valence electrons. The third-order valence-electron chi connectivity index (χ3n) is 5.48. The van der Waals surface area contributed by atoms with Crippen LogP contribution in [-0.2, 0) is 11.3 Å². The zero-order valence-electron chi connectivity index (χ0n) is 18.8. The van der Waals surface area contributed by atoms with Gasteiger partial charge in [0.25, 0.3) is 5.56 Å². The van der Waals surface area contributed by atoms with Crippen LogP contribution in [0, 0.1) is 6.92 Å². The molecule has 5 rings (SSSR count). The molecule has 0 saturated carbocycles. The normalized spacial score (nSPS) is 12.6. The molecule has 0 atom stereocenters. The molecule has 0 spiro atoms.